The zero-order chi connectivity index (χ0) is 16.8. The average Bonchev–Trinajstić information content (AvgIpc) is 2.54. The van der Waals surface area contributed by atoms with Crippen molar-refractivity contribution in [1.29, 1.82) is 0 Å². The van der Waals surface area contributed by atoms with Crippen LogP contribution in [-0.2, 0) is 6.54 Å². The first-order valence-electron chi connectivity index (χ1n) is 7.20. The van der Waals surface area contributed by atoms with Gasteiger partial charge in [-0.3, -0.25) is 4.99 Å². The highest BCUT2D eigenvalue weighted by Crippen LogP contribution is 2.22. The molecule has 0 bridgehead atoms. The van der Waals surface area contributed by atoms with Crippen LogP contribution in [0.1, 0.15) is 24.1 Å². The van der Waals surface area contributed by atoms with Crippen molar-refractivity contribution < 1.29 is 9.50 Å². The first kappa shape index (κ1) is 17.1. The second kappa shape index (κ2) is 7.83. The van der Waals surface area contributed by atoms with Crippen LogP contribution in [0, 0.1) is 5.82 Å². The number of phenols is 1. The van der Waals surface area contributed by atoms with Crippen molar-refractivity contribution in [3.63, 3.8) is 0 Å². The van der Waals surface area contributed by atoms with Crippen molar-refractivity contribution in [1.82, 2.24) is 10.6 Å². The Morgan fingerprint density at radius 1 is 1.30 bits per heavy atom. The zero-order valence-corrected chi connectivity index (χ0v) is 13.7. The standard InChI is InChI=1S/C17H19ClFN3O/c1-11(13-5-3-4-6-14(13)18)22-17(20-2)21-10-12-7-8-16(23)15(19)9-12/h3-9,11,23H,10H2,1-2H3,(H2,20,21,22). The van der Waals surface area contributed by atoms with E-state index in [9.17, 15) is 9.50 Å². The van der Waals surface area contributed by atoms with Gasteiger partial charge in [-0.05, 0) is 36.2 Å². The largest absolute Gasteiger partial charge is 0.505 e. The lowest BCUT2D eigenvalue weighted by molar-refractivity contribution is 0.431. The minimum atomic E-state index is -0.642. The van der Waals surface area contributed by atoms with Gasteiger partial charge in [0, 0.05) is 18.6 Å². The number of hydrogen-bond donors (Lipinski definition) is 3. The Morgan fingerprint density at radius 3 is 2.70 bits per heavy atom. The fourth-order valence-electron chi connectivity index (χ4n) is 2.15. The summed E-state index contributed by atoms with van der Waals surface area (Å²) in [5, 5.41) is 16.2. The van der Waals surface area contributed by atoms with Gasteiger partial charge in [0.25, 0.3) is 0 Å². The van der Waals surface area contributed by atoms with E-state index in [0.717, 1.165) is 5.56 Å². The lowest BCUT2D eigenvalue weighted by Crippen LogP contribution is -2.38. The van der Waals surface area contributed by atoms with Crippen molar-refractivity contribution >= 4 is 17.6 Å². The summed E-state index contributed by atoms with van der Waals surface area (Å²) >= 11 is 6.19. The minimum absolute atomic E-state index is 0.0357. The van der Waals surface area contributed by atoms with Crippen LogP contribution in [0.3, 0.4) is 0 Å². The lowest BCUT2D eigenvalue weighted by Gasteiger charge is -2.19. The Bertz CT molecular complexity index is 706. The quantitative estimate of drug-likeness (QED) is 0.591. The third kappa shape index (κ3) is 4.60. The van der Waals surface area contributed by atoms with Crippen LogP contribution in [0.15, 0.2) is 47.5 Å². The number of nitrogens with zero attached hydrogens (tertiary/aromatic N) is 1. The summed E-state index contributed by atoms with van der Waals surface area (Å²) in [6, 6.07) is 11.8. The Labute approximate surface area is 140 Å². The van der Waals surface area contributed by atoms with Gasteiger partial charge >= 0.3 is 0 Å². The summed E-state index contributed by atoms with van der Waals surface area (Å²) in [6.45, 7) is 2.36. The minimum Gasteiger partial charge on any atom is -0.505 e. The number of benzene rings is 2. The Morgan fingerprint density at radius 2 is 2.04 bits per heavy atom. The van der Waals surface area contributed by atoms with Gasteiger partial charge in [0.05, 0.1) is 6.04 Å². The maximum absolute atomic E-state index is 13.3. The van der Waals surface area contributed by atoms with Crippen LogP contribution < -0.4 is 10.6 Å². The average molecular weight is 336 g/mol. The number of guanidine groups is 1. The molecule has 0 aliphatic heterocycles. The summed E-state index contributed by atoms with van der Waals surface area (Å²) in [4.78, 5) is 4.15. The summed E-state index contributed by atoms with van der Waals surface area (Å²) in [5.41, 5.74) is 1.67. The molecule has 0 aliphatic carbocycles. The number of aliphatic imine (C=N–C) groups is 1. The van der Waals surface area contributed by atoms with Crippen LogP contribution in [0.5, 0.6) is 5.75 Å². The van der Waals surface area contributed by atoms with E-state index in [4.69, 9.17) is 11.6 Å². The number of phenolic OH excluding ortho intramolecular Hbond substituents is 1. The van der Waals surface area contributed by atoms with Gasteiger partial charge in [0.15, 0.2) is 17.5 Å². The number of hydrogen-bond acceptors (Lipinski definition) is 2. The van der Waals surface area contributed by atoms with E-state index in [0.29, 0.717) is 23.1 Å². The van der Waals surface area contributed by atoms with Crippen molar-refractivity contribution in [2.24, 2.45) is 4.99 Å². The zero-order valence-electron chi connectivity index (χ0n) is 13.0. The van der Waals surface area contributed by atoms with E-state index in [1.54, 1.807) is 13.1 Å². The molecule has 3 N–H and O–H groups in total. The van der Waals surface area contributed by atoms with E-state index in [1.165, 1.54) is 12.1 Å². The van der Waals surface area contributed by atoms with Gasteiger partial charge in [-0.15, -0.1) is 0 Å². The molecule has 0 aromatic heterocycles. The summed E-state index contributed by atoms with van der Waals surface area (Å²) in [5.74, 6) is -0.425. The van der Waals surface area contributed by atoms with Crippen LogP contribution >= 0.6 is 11.6 Å². The molecular formula is C17H19ClFN3O. The fraction of sp³-hybridized carbons (Fsp3) is 0.235. The predicted molar refractivity (Wildman–Crippen MR) is 91.3 cm³/mol. The van der Waals surface area contributed by atoms with Crippen LogP contribution in [-0.4, -0.2) is 18.1 Å². The molecule has 2 rings (SSSR count). The number of nitrogens with one attached hydrogen (secondary N) is 2. The van der Waals surface area contributed by atoms with Crippen molar-refractivity contribution in [3.8, 4) is 5.75 Å². The van der Waals surface area contributed by atoms with E-state index in [1.807, 2.05) is 31.2 Å². The van der Waals surface area contributed by atoms with Gasteiger partial charge in [0.1, 0.15) is 0 Å². The van der Waals surface area contributed by atoms with Gasteiger partial charge in [-0.2, -0.15) is 0 Å². The second-order valence-corrected chi connectivity index (χ2v) is 5.51. The summed E-state index contributed by atoms with van der Waals surface area (Å²) in [6.07, 6.45) is 0. The normalized spacial score (nSPS) is 12.8. The predicted octanol–water partition coefficient (Wildman–Crippen LogP) is 3.61. The van der Waals surface area contributed by atoms with Crippen molar-refractivity contribution in [2.45, 2.75) is 19.5 Å². The fourth-order valence-corrected chi connectivity index (χ4v) is 2.45. The van der Waals surface area contributed by atoms with Gasteiger partial charge < -0.3 is 15.7 Å². The molecular weight excluding hydrogens is 317 g/mol. The lowest BCUT2D eigenvalue weighted by atomic mass is 10.1. The van der Waals surface area contributed by atoms with Crippen LogP contribution in [0.25, 0.3) is 0 Å². The van der Waals surface area contributed by atoms with E-state index in [2.05, 4.69) is 15.6 Å². The smallest absolute Gasteiger partial charge is 0.191 e. The molecule has 0 aliphatic rings. The molecule has 2 aromatic rings. The van der Waals surface area contributed by atoms with Crippen LogP contribution in [0.4, 0.5) is 4.39 Å². The Hall–Kier alpha value is -2.27. The van der Waals surface area contributed by atoms with Crippen LogP contribution in [0.2, 0.25) is 5.02 Å². The molecule has 122 valence electrons. The first-order valence-corrected chi connectivity index (χ1v) is 7.58. The molecule has 4 nitrogen and oxygen atoms in total. The highest BCUT2D eigenvalue weighted by Gasteiger charge is 2.11. The number of aromatic hydroxyl groups is 1. The highest BCUT2D eigenvalue weighted by atomic mass is 35.5. The topological polar surface area (TPSA) is 56.7 Å². The SMILES string of the molecule is CN=C(NCc1ccc(O)c(F)c1)NC(C)c1ccccc1Cl. The third-order valence-corrected chi connectivity index (χ3v) is 3.76. The Balaban J connectivity index is 1.98. The summed E-state index contributed by atoms with van der Waals surface area (Å²) < 4.78 is 13.3. The molecule has 0 amide bonds. The molecule has 0 spiro atoms. The molecule has 6 heteroatoms. The molecule has 0 saturated heterocycles. The first-order chi connectivity index (χ1) is 11.0. The van der Waals surface area contributed by atoms with E-state index in [-0.39, 0.29) is 11.8 Å². The maximum Gasteiger partial charge on any atom is 0.191 e. The van der Waals surface area contributed by atoms with Gasteiger partial charge in [0.2, 0.25) is 0 Å². The Kier molecular flexibility index (Phi) is 5.82. The molecule has 23 heavy (non-hydrogen) atoms. The number of rotatable bonds is 4. The molecule has 0 heterocycles. The van der Waals surface area contributed by atoms with Crippen molar-refractivity contribution in [3.05, 3.63) is 64.4 Å². The molecule has 1 unspecified atom stereocenters. The van der Waals surface area contributed by atoms with Gasteiger partial charge in [-0.1, -0.05) is 35.9 Å². The van der Waals surface area contributed by atoms with E-state index >= 15 is 0 Å². The third-order valence-electron chi connectivity index (χ3n) is 3.42. The maximum atomic E-state index is 13.3. The second-order valence-electron chi connectivity index (χ2n) is 5.10. The molecule has 0 radical (unpaired) electrons. The van der Waals surface area contributed by atoms with Gasteiger partial charge in [-0.25, -0.2) is 4.39 Å². The molecule has 2 aromatic carbocycles. The van der Waals surface area contributed by atoms with Crippen molar-refractivity contribution in [2.75, 3.05) is 7.05 Å². The molecule has 0 fully saturated rings. The monoisotopic (exact) mass is 335 g/mol. The highest BCUT2D eigenvalue weighted by molar-refractivity contribution is 6.31. The molecule has 0 saturated carbocycles. The summed E-state index contributed by atoms with van der Waals surface area (Å²) in [7, 11) is 1.66. The molecule has 1 atom stereocenters. The number of halogens is 2. The van der Waals surface area contributed by atoms with E-state index < -0.39 is 5.82 Å².